The van der Waals surface area contributed by atoms with Crippen LogP contribution < -0.4 is 12.4 Å². The standard InChI is InChI=1S/C15H22NO2.ClH/c1-6-14(17)18-15(7-2,16(3,4)5)13-11-9-8-10-12-13;/h6,8-12H,1,7H2,2-5H3;1H/q+1;/p-1. The van der Waals surface area contributed by atoms with Gasteiger partial charge in [-0.05, 0) is 12.1 Å². The Bertz CT molecular complexity index is 426. The minimum absolute atomic E-state index is 0. The number of benzene rings is 1. The molecule has 0 N–H and O–H groups in total. The molecule has 1 rings (SSSR count). The van der Waals surface area contributed by atoms with Gasteiger partial charge in [0, 0.05) is 12.5 Å². The summed E-state index contributed by atoms with van der Waals surface area (Å²) in [5, 5.41) is 0. The zero-order valence-corrected chi connectivity index (χ0v) is 12.8. The molecule has 1 aromatic carbocycles. The van der Waals surface area contributed by atoms with Crippen LogP contribution in [0.15, 0.2) is 43.0 Å². The Kier molecular flexibility index (Phi) is 6.27. The Labute approximate surface area is 121 Å². The van der Waals surface area contributed by atoms with Crippen molar-refractivity contribution < 1.29 is 26.4 Å². The van der Waals surface area contributed by atoms with Crippen LogP contribution in [0, 0.1) is 0 Å². The number of quaternary nitrogens is 1. The topological polar surface area (TPSA) is 26.3 Å². The van der Waals surface area contributed by atoms with Gasteiger partial charge in [-0.25, -0.2) is 4.79 Å². The number of nitrogens with zero attached hydrogens (tertiary/aromatic N) is 1. The fraction of sp³-hybridized carbons (Fsp3) is 0.400. The Balaban J connectivity index is 0.00000324. The number of carbonyl (C=O) groups is 1. The summed E-state index contributed by atoms with van der Waals surface area (Å²) in [5.41, 5.74) is 0.308. The fourth-order valence-corrected chi connectivity index (χ4v) is 2.24. The highest BCUT2D eigenvalue weighted by Gasteiger charge is 2.46. The molecule has 3 nitrogen and oxygen atoms in total. The molecule has 106 valence electrons. The Morgan fingerprint density at radius 1 is 1.32 bits per heavy atom. The van der Waals surface area contributed by atoms with Gasteiger partial charge in [-0.1, -0.05) is 31.7 Å². The summed E-state index contributed by atoms with van der Waals surface area (Å²) in [6, 6.07) is 9.84. The predicted octanol–water partition coefficient (Wildman–Crippen LogP) is -0.311. The van der Waals surface area contributed by atoms with Gasteiger partial charge in [0.25, 0.3) is 5.72 Å². The molecule has 19 heavy (non-hydrogen) atoms. The lowest BCUT2D eigenvalue weighted by Gasteiger charge is -2.44. The molecule has 0 aliphatic heterocycles. The highest BCUT2D eigenvalue weighted by Crippen LogP contribution is 2.36. The average molecular weight is 284 g/mol. The fourth-order valence-electron chi connectivity index (χ4n) is 2.24. The van der Waals surface area contributed by atoms with E-state index in [0.29, 0.717) is 10.9 Å². The van der Waals surface area contributed by atoms with Crippen LogP contribution in [0.5, 0.6) is 0 Å². The van der Waals surface area contributed by atoms with E-state index in [1.54, 1.807) is 0 Å². The van der Waals surface area contributed by atoms with E-state index >= 15 is 0 Å². The van der Waals surface area contributed by atoms with E-state index in [2.05, 4.69) is 6.58 Å². The van der Waals surface area contributed by atoms with Crippen molar-refractivity contribution in [3.63, 3.8) is 0 Å². The van der Waals surface area contributed by atoms with Crippen LogP contribution >= 0.6 is 0 Å². The van der Waals surface area contributed by atoms with Crippen molar-refractivity contribution in [2.75, 3.05) is 21.1 Å². The van der Waals surface area contributed by atoms with Crippen LogP contribution in [-0.4, -0.2) is 31.6 Å². The quantitative estimate of drug-likeness (QED) is 0.321. The molecule has 0 bridgehead atoms. The van der Waals surface area contributed by atoms with Crippen molar-refractivity contribution in [2.24, 2.45) is 0 Å². The summed E-state index contributed by atoms with van der Waals surface area (Å²) in [6.45, 7) is 5.49. The minimum atomic E-state index is -0.688. The molecule has 1 atom stereocenters. The minimum Gasteiger partial charge on any atom is -1.00 e. The van der Waals surface area contributed by atoms with Crippen LogP contribution in [0.4, 0.5) is 0 Å². The maximum Gasteiger partial charge on any atom is 0.335 e. The highest BCUT2D eigenvalue weighted by atomic mass is 35.5. The van der Waals surface area contributed by atoms with E-state index in [0.717, 1.165) is 5.56 Å². The lowest BCUT2D eigenvalue weighted by atomic mass is 9.96. The van der Waals surface area contributed by atoms with E-state index in [1.807, 2.05) is 58.4 Å². The zero-order chi connectivity index (χ0) is 13.8. The lowest BCUT2D eigenvalue weighted by molar-refractivity contribution is -0.957. The van der Waals surface area contributed by atoms with Crippen molar-refractivity contribution in [3.8, 4) is 0 Å². The predicted molar refractivity (Wildman–Crippen MR) is 72.7 cm³/mol. The first kappa shape index (κ1) is 17.7. The van der Waals surface area contributed by atoms with Gasteiger partial charge >= 0.3 is 5.97 Å². The monoisotopic (exact) mass is 283 g/mol. The van der Waals surface area contributed by atoms with Crippen molar-refractivity contribution in [1.29, 1.82) is 0 Å². The molecule has 0 aromatic heterocycles. The second kappa shape index (κ2) is 6.73. The number of hydrogen-bond donors (Lipinski definition) is 0. The normalized spacial score (nSPS) is 13.9. The first-order chi connectivity index (χ1) is 8.37. The molecule has 1 aromatic rings. The van der Waals surface area contributed by atoms with Crippen molar-refractivity contribution in [3.05, 3.63) is 48.6 Å². The summed E-state index contributed by atoms with van der Waals surface area (Å²) in [5.74, 6) is -0.395. The van der Waals surface area contributed by atoms with Gasteiger partial charge in [0.1, 0.15) is 0 Å². The molecule has 0 aliphatic carbocycles. The Morgan fingerprint density at radius 2 is 1.84 bits per heavy atom. The number of ether oxygens (including phenoxy) is 1. The number of carbonyl (C=O) groups excluding carboxylic acids is 1. The third-order valence-corrected chi connectivity index (χ3v) is 3.22. The van der Waals surface area contributed by atoms with Crippen molar-refractivity contribution >= 4 is 5.97 Å². The van der Waals surface area contributed by atoms with Crippen molar-refractivity contribution in [1.82, 2.24) is 0 Å². The molecule has 0 radical (unpaired) electrons. The number of hydrogen-bond acceptors (Lipinski definition) is 2. The smallest absolute Gasteiger partial charge is 0.335 e. The Morgan fingerprint density at radius 3 is 2.21 bits per heavy atom. The van der Waals surface area contributed by atoms with Gasteiger partial charge in [-0.15, -0.1) is 0 Å². The van der Waals surface area contributed by atoms with Crippen molar-refractivity contribution in [2.45, 2.75) is 19.1 Å². The van der Waals surface area contributed by atoms with E-state index in [4.69, 9.17) is 4.74 Å². The van der Waals surface area contributed by atoms with E-state index in [1.165, 1.54) is 6.08 Å². The summed E-state index contributed by atoms with van der Waals surface area (Å²) in [4.78, 5) is 11.7. The van der Waals surface area contributed by atoms with Gasteiger partial charge in [-0.2, -0.15) is 0 Å². The first-order valence-corrected chi connectivity index (χ1v) is 6.10. The van der Waals surface area contributed by atoms with Gasteiger partial charge in [0.15, 0.2) is 0 Å². The number of rotatable bonds is 5. The molecule has 1 unspecified atom stereocenters. The summed E-state index contributed by atoms with van der Waals surface area (Å²) >= 11 is 0. The number of halogens is 1. The summed E-state index contributed by atoms with van der Waals surface area (Å²) in [7, 11) is 6.06. The average Bonchev–Trinajstić information content (AvgIpc) is 2.35. The van der Waals surface area contributed by atoms with E-state index in [-0.39, 0.29) is 12.4 Å². The van der Waals surface area contributed by atoms with Crippen LogP contribution in [0.25, 0.3) is 0 Å². The summed E-state index contributed by atoms with van der Waals surface area (Å²) in [6.07, 6.45) is 1.91. The molecule has 0 spiro atoms. The second-order valence-electron chi connectivity index (χ2n) is 5.14. The van der Waals surface area contributed by atoms with Crippen LogP contribution in [0.1, 0.15) is 18.9 Å². The Hall–Kier alpha value is -1.32. The molecule has 0 saturated carbocycles. The zero-order valence-electron chi connectivity index (χ0n) is 12.0. The highest BCUT2D eigenvalue weighted by molar-refractivity contribution is 5.81. The summed E-state index contributed by atoms with van der Waals surface area (Å²) < 4.78 is 6.21. The van der Waals surface area contributed by atoms with Gasteiger partial charge in [-0.3, -0.25) is 4.48 Å². The van der Waals surface area contributed by atoms with Gasteiger partial charge < -0.3 is 17.1 Å². The van der Waals surface area contributed by atoms with E-state index < -0.39 is 11.7 Å². The molecule has 4 heteroatoms. The molecule has 0 saturated heterocycles. The molecular weight excluding hydrogens is 262 g/mol. The molecule has 0 heterocycles. The SMILES string of the molecule is C=CC(=O)OC(CC)(c1ccccc1)[N+](C)(C)C.[Cl-]. The lowest BCUT2D eigenvalue weighted by Crippen LogP contribution is -3.00. The first-order valence-electron chi connectivity index (χ1n) is 6.10. The molecule has 0 fully saturated rings. The number of esters is 1. The third kappa shape index (κ3) is 3.58. The van der Waals surface area contributed by atoms with Gasteiger partial charge in [0.2, 0.25) is 0 Å². The van der Waals surface area contributed by atoms with E-state index in [9.17, 15) is 4.79 Å². The molecule has 0 amide bonds. The molecular formula is C15H22ClNO2. The van der Waals surface area contributed by atoms with Crippen LogP contribution in [-0.2, 0) is 15.3 Å². The maximum absolute atomic E-state index is 11.7. The molecule has 0 aliphatic rings. The van der Waals surface area contributed by atoms with Crippen LogP contribution in [0.3, 0.4) is 0 Å². The third-order valence-electron chi connectivity index (χ3n) is 3.22. The largest absolute Gasteiger partial charge is 1.00 e. The second-order valence-corrected chi connectivity index (χ2v) is 5.14. The van der Waals surface area contributed by atoms with Gasteiger partial charge in [0.05, 0.1) is 26.7 Å². The maximum atomic E-state index is 11.7. The van der Waals surface area contributed by atoms with Crippen LogP contribution in [0.2, 0.25) is 0 Å².